The monoisotopic (exact) mass is 182 g/mol. The smallest absolute Gasteiger partial charge is 0.340 e. The molecule has 0 aromatic heterocycles. The lowest BCUT2D eigenvalue weighted by Crippen LogP contribution is -2.24. The van der Waals surface area contributed by atoms with Crippen LogP contribution in [0.3, 0.4) is 0 Å². The number of alkyl halides is 2. The van der Waals surface area contributed by atoms with E-state index in [1.165, 1.54) is 0 Å². The van der Waals surface area contributed by atoms with Gasteiger partial charge in [0.25, 0.3) is 0 Å². The summed E-state index contributed by atoms with van der Waals surface area (Å²) in [6, 6.07) is 0. The van der Waals surface area contributed by atoms with Gasteiger partial charge in [-0.2, -0.15) is 0 Å². The normalized spacial score (nSPS) is 12.3. The molecular weight excluding hydrogens is 175 g/mol. The van der Waals surface area contributed by atoms with Crippen molar-refractivity contribution >= 4 is 29.2 Å². The first-order valence-corrected chi connectivity index (χ1v) is 3.48. The lowest BCUT2D eigenvalue weighted by Gasteiger charge is -2.09. The second kappa shape index (κ2) is 3.84. The first-order chi connectivity index (χ1) is 4.50. The summed E-state index contributed by atoms with van der Waals surface area (Å²) in [4.78, 5) is 10.2. The lowest BCUT2D eigenvalue weighted by molar-refractivity contribution is -0.137. The average Bonchev–Trinajstić information content (AvgIpc) is 1.84. The number of hydrogen-bond donors (Lipinski definition) is 1. The number of halogens is 2. The number of aliphatic carboxylic acids is 1. The summed E-state index contributed by atoms with van der Waals surface area (Å²) in [5.41, 5.74) is 0. The van der Waals surface area contributed by atoms with E-state index in [2.05, 4.69) is 0 Å². The zero-order chi connectivity index (χ0) is 8.20. The highest BCUT2D eigenvalue weighted by Gasteiger charge is 2.31. The molecule has 0 rings (SSSR count). The van der Waals surface area contributed by atoms with E-state index in [1.807, 2.05) is 0 Å². The summed E-state index contributed by atoms with van der Waals surface area (Å²) >= 11 is 10.7. The predicted molar refractivity (Wildman–Crippen MR) is 41.5 cm³/mol. The molecule has 0 fully saturated rings. The highest BCUT2D eigenvalue weighted by atomic mass is 35.5. The van der Waals surface area contributed by atoms with Gasteiger partial charge in [-0.15, -0.1) is 0 Å². The van der Waals surface area contributed by atoms with E-state index in [0.29, 0.717) is 0 Å². The summed E-state index contributed by atoms with van der Waals surface area (Å²) < 4.78 is -1.67. The zero-order valence-corrected chi connectivity index (χ0v) is 6.99. The molecule has 0 heterocycles. The molecule has 0 spiro atoms. The van der Waals surface area contributed by atoms with Crippen molar-refractivity contribution in [1.82, 2.24) is 0 Å². The van der Waals surface area contributed by atoms with Crippen LogP contribution in [0.2, 0.25) is 0 Å². The number of carboxylic acids is 1. The van der Waals surface area contributed by atoms with Gasteiger partial charge in [-0.3, -0.25) is 0 Å². The third-order valence-electron chi connectivity index (χ3n) is 0.923. The minimum absolute atomic E-state index is 0.127. The quantitative estimate of drug-likeness (QED) is 0.537. The molecule has 0 aromatic carbocycles. The SMILES string of the molecule is C/C=C/CC(Cl)(Cl)C(=O)O. The Morgan fingerprint density at radius 3 is 2.50 bits per heavy atom. The molecule has 0 saturated heterocycles. The van der Waals surface area contributed by atoms with Gasteiger partial charge in [-0.1, -0.05) is 35.4 Å². The van der Waals surface area contributed by atoms with Crippen LogP contribution >= 0.6 is 23.2 Å². The van der Waals surface area contributed by atoms with Crippen LogP contribution in [0.1, 0.15) is 13.3 Å². The zero-order valence-electron chi connectivity index (χ0n) is 5.47. The number of hydrogen-bond acceptors (Lipinski definition) is 1. The molecule has 58 valence electrons. The van der Waals surface area contributed by atoms with E-state index in [-0.39, 0.29) is 6.42 Å². The molecule has 2 nitrogen and oxygen atoms in total. The summed E-state index contributed by atoms with van der Waals surface area (Å²) in [5, 5.41) is 8.37. The maximum Gasteiger partial charge on any atom is 0.340 e. The lowest BCUT2D eigenvalue weighted by atomic mass is 10.3. The largest absolute Gasteiger partial charge is 0.479 e. The highest BCUT2D eigenvalue weighted by Crippen LogP contribution is 2.25. The van der Waals surface area contributed by atoms with Gasteiger partial charge in [-0.25, -0.2) is 4.79 Å². The Hall–Kier alpha value is -0.210. The fraction of sp³-hybridized carbons (Fsp3) is 0.500. The molecule has 1 N–H and O–H groups in total. The Balaban J connectivity index is 3.99. The van der Waals surface area contributed by atoms with Crippen LogP contribution in [0.15, 0.2) is 12.2 Å². The number of carboxylic acid groups (broad SMARTS) is 1. The molecule has 0 aromatic rings. The maximum absolute atomic E-state index is 10.2. The molecule has 4 heteroatoms. The molecule has 0 bridgehead atoms. The number of carbonyl (C=O) groups is 1. The van der Waals surface area contributed by atoms with Crippen LogP contribution in [0.5, 0.6) is 0 Å². The Morgan fingerprint density at radius 1 is 1.70 bits per heavy atom. The van der Waals surface area contributed by atoms with Gasteiger partial charge in [0.15, 0.2) is 0 Å². The Labute approximate surface area is 69.4 Å². The molecule has 0 aliphatic rings. The van der Waals surface area contributed by atoms with Crippen molar-refractivity contribution in [3.63, 3.8) is 0 Å². The molecule has 10 heavy (non-hydrogen) atoms. The first kappa shape index (κ1) is 9.79. The third-order valence-corrected chi connectivity index (χ3v) is 1.55. The van der Waals surface area contributed by atoms with E-state index < -0.39 is 10.3 Å². The summed E-state index contributed by atoms with van der Waals surface area (Å²) in [6.45, 7) is 1.77. The molecule has 0 radical (unpaired) electrons. The van der Waals surface area contributed by atoms with Crippen molar-refractivity contribution in [2.24, 2.45) is 0 Å². The van der Waals surface area contributed by atoms with Crippen LogP contribution in [0.25, 0.3) is 0 Å². The number of rotatable bonds is 3. The van der Waals surface area contributed by atoms with Crippen LogP contribution in [-0.2, 0) is 4.79 Å². The van der Waals surface area contributed by atoms with Crippen LogP contribution in [-0.4, -0.2) is 15.4 Å². The van der Waals surface area contributed by atoms with Crippen LogP contribution in [0.4, 0.5) is 0 Å². The number of allylic oxidation sites excluding steroid dienone is 2. The highest BCUT2D eigenvalue weighted by molar-refractivity contribution is 6.57. The second-order valence-corrected chi connectivity index (χ2v) is 3.27. The van der Waals surface area contributed by atoms with E-state index in [0.717, 1.165) is 0 Å². The summed E-state index contributed by atoms with van der Waals surface area (Å²) in [7, 11) is 0. The molecular formula is C6H8Cl2O2. The molecule has 0 aliphatic heterocycles. The third kappa shape index (κ3) is 3.08. The van der Waals surface area contributed by atoms with Crippen molar-refractivity contribution in [3.05, 3.63) is 12.2 Å². The van der Waals surface area contributed by atoms with Crippen molar-refractivity contribution in [1.29, 1.82) is 0 Å². The minimum atomic E-state index is -1.67. The van der Waals surface area contributed by atoms with Gasteiger partial charge < -0.3 is 5.11 Å². The second-order valence-electron chi connectivity index (χ2n) is 1.78. The van der Waals surface area contributed by atoms with Crippen molar-refractivity contribution in [2.45, 2.75) is 17.7 Å². The minimum Gasteiger partial charge on any atom is -0.479 e. The van der Waals surface area contributed by atoms with E-state index in [1.54, 1.807) is 19.1 Å². The van der Waals surface area contributed by atoms with Gasteiger partial charge in [0.2, 0.25) is 4.33 Å². The van der Waals surface area contributed by atoms with E-state index in [9.17, 15) is 4.79 Å². The van der Waals surface area contributed by atoms with Crippen molar-refractivity contribution in [2.75, 3.05) is 0 Å². The Morgan fingerprint density at radius 2 is 2.20 bits per heavy atom. The van der Waals surface area contributed by atoms with Crippen molar-refractivity contribution in [3.8, 4) is 0 Å². The fourth-order valence-electron chi connectivity index (χ4n) is 0.353. The van der Waals surface area contributed by atoms with Crippen molar-refractivity contribution < 1.29 is 9.90 Å². The van der Waals surface area contributed by atoms with Gasteiger partial charge in [-0.05, 0) is 6.92 Å². The van der Waals surface area contributed by atoms with E-state index in [4.69, 9.17) is 28.3 Å². The molecule has 0 aliphatic carbocycles. The van der Waals surface area contributed by atoms with E-state index >= 15 is 0 Å². The topological polar surface area (TPSA) is 37.3 Å². The first-order valence-electron chi connectivity index (χ1n) is 2.73. The Kier molecular flexibility index (Phi) is 3.76. The van der Waals surface area contributed by atoms with Crippen LogP contribution < -0.4 is 0 Å². The summed E-state index contributed by atoms with van der Waals surface area (Å²) in [5.74, 6) is -1.21. The fourth-order valence-corrected chi connectivity index (χ4v) is 0.531. The predicted octanol–water partition coefficient (Wildman–Crippen LogP) is 2.21. The Bertz CT molecular complexity index is 152. The van der Waals surface area contributed by atoms with Crippen LogP contribution in [0, 0.1) is 0 Å². The molecule has 0 saturated carbocycles. The van der Waals surface area contributed by atoms with Gasteiger partial charge in [0, 0.05) is 6.42 Å². The summed E-state index contributed by atoms with van der Waals surface area (Å²) in [6.07, 6.45) is 3.43. The average molecular weight is 183 g/mol. The van der Waals surface area contributed by atoms with Gasteiger partial charge in [0.1, 0.15) is 0 Å². The molecule has 0 atom stereocenters. The maximum atomic E-state index is 10.2. The molecule has 0 amide bonds. The van der Waals surface area contributed by atoms with Gasteiger partial charge in [0.05, 0.1) is 0 Å². The van der Waals surface area contributed by atoms with Gasteiger partial charge >= 0.3 is 5.97 Å². The molecule has 0 unspecified atom stereocenters. The standard InChI is InChI=1S/C6H8Cl2O2/c1-2-3-4-6(7,8)5(9)10/h2-3H,4H2,1H3,(H,9,10)/b3-2+.